The van der Waals surface area contributed by atoms with Crippen molar-refractivity contribution in [3.63, 3.8) is 0 Å². The number of imidazole rings is 1. The lowest BCUT2D eigenvalue weighted by Gasteiger charge is -2.01. The first-order chi connectivity index (χ1) is 6.42. The molecule has 1 heterocycles. The van der Waals surface area contributed by atoms with Crippen molar-refractivity contribution in [1.29, 1.82) is 0 Å². The maximum Gasteiger partial charge on any atom is 0.0959 e. The van der Waals surface area contributed by atoms with E-state index in [2.05, 4.69) is 9.82 Å². The minimum absolute atomic E-state index is 0.500. The number of hydrogen-bond donors (Lipinski definition) is 1. The van der Waals surface area contributed by atoms with Gasteiger partial charge in [-0.3, -0.25) is 0 Å². The highest BCUT2D eigenvalue weighted by molar-refractivity contribution is 5.74. The van der Waals surface area contributed by atoms with E-state index in [1.165, 1.54) is 0 Å². The van der Waals surface area contributed by atoms with Gasteiger partial charge < -0.3 is 9.40 Å². The Bertz CT molecular complexity index is 396. The van der Waals surface area contributed by atoms with Gasteiger partial charge in [0.2, 0.25) is 0 Å². The summed E-state index contributed by atoms with van der Waals surface area (Å²) in [5, 5.41) is 0. The largest absolute Gasteiger partial charge is 0.328 e. The van der Waals surface area contributed by atoms with Crippen LogP contribution < -0.4 is 5.90 Å². The van der Waals surface area contributed by atoms with Crippen molar-refractivity contribution < 1.29 is 4.84 Å². The van der Waals surface area contributed by atoms with E-state index in [-0.39, 0.29) is 0 Å². The summed E-state index contributed by atoms with van der Waals surface area (Å²) in [5.41, 5.74) is 2.11. The van der Waals surface area contributed by atoms with Crippen LogP contribution in [-0.2, 0) is 11.4 Å². The van der Waals surface area contributed by atoms with Crippen LogP contribution in [-0.4, -0.2) is 16.2 Å². The van der Waals surface area contributed by atoms with Gasteiger partial charge in [-0.1, -0.05) is 12.1 Å². The zero-order chi connectivity index (χ0) is 9.10. The Kier molecular flexibility index (Phi) is 2.25. The predicted molar refractivity (Wildman–Crippen MR) is 49.9 cm³/mol. The molecular formula is C9H11N3O. The molecular weight excluding hydrogens is 166 g/mol. The van der Waals surface area contributed by atoms with E-state index in [4.69, 9.17) is 5.90 Å². The molecule has 1 aromatic carbocycles. The van der Waals surface area contributed by atoms with E-state index in [0.717, 1.165) is 17.6 Å². The monoisotopic (exact) mass is 177 g/mol. The molecule has 13 heavy (non-hydrogen) atoms. The number of fused-ring (bicyclic) bond motifs is 1. The van der Waals surface area contributed by atoms with E-state index in [1.54, 1.807) is 6.33 Å². The lowest BCUT2D eigenvalue weighted by molar-refractivity contribution is 0.130. The van der Waals surface area contributed by atoms with Crippen molar-refractivity contribution in [3.8, 4) is 0 Å². The molecule has 0 saturated heterocycles. The normalized spacial score (nSPS) is 10.8. The molecule has 0 radical (unpaired) electrons. The number of nitrogens with two attached hydrogens (primary N) is 1. The van der Waals surface area contributed by atoms with E-state index in [0.29, 0.717) is 6.61 Å². The Balaban J connectivity index is 2.35. The first kappa shape index (κ1) is 8.22. The fourth-order valence-electron chi connectivity index (χ4n) is 1.34. The zero-order valence-electron chi connectivity index (χ0n) is 7.18. The molecule has 4 nitrogen and oxygen atoms in total. The van der Waals surface area contributed by atoms with E-state index < -0.39 is 0 Å². The van der Waals surface area contributed by atoms with Gasteiger partial charge in [0, 0.05) is 6.54 Å². The minimum atomic E-state index is 0.500. The minimum Gasteiger partial charge on any atom is -0.328 e. The van der Waals surface area contributed by atoms with Gasteiger partial charge in [-0.2, -0.15) is 0 Å². The number of benzene rings is 1. The average Bonchev–Trinajstić information content (AvgIpc) is 2.58. The molecule has 0 atom stereocenters. The number of rotatable bonds is 3. The fourth-order valence-corrected chi connectivity index (χ4v) is 1.34. The summed E-state index contributed by atoms with van der Waals surface area (Å²) in [7, 11) is 0. The van der Waals surface area contributed by atoms with E-state index >= 15 is 0 Å². The lowest BCUT2D eigenvalue weighted by Crippen LogP contribution is -2.08. The van der Waals surface area contributed by atoms with Crippen LogP contribution in [0.25, 0.3) is 11.0 Å². The molecule has 2 rings (SSSR count). The molecule has 0 aliphatic rings. The van der Waals surface area contributed by atoms with Gasteiger partial charge in [0.05, 0.1) is 24.0 Å². The summed E-state index contributed by atoms with van der Waals surface area (Å²) in [6.07, 6.45) is 1.80. The Labute approximate surface area is 75.9 Å². The topological polar surface area (TPSA) is 53.1 Å². The van der Waals surface area contributed by atoms with Crippen LogP contribution in [0.1, 0.15) is 0 Å². The second-order valence-corrected chi connectivity index (χ2v) is 2.80. The molecule has 2 N–H and O–H groups in total. The van der Waals surface area contributed by atoms with E-state index in [1.807, 2.05) is 28.8 Å². The molecule has 68 valence electrons. The highest BCUT2D eigenvalue weighted by Crippen LogP contribution is 2.10. The molecule has 2 aromatic rings. The van der Waals surface area contributed by atoms with Crippen molar-refractivity contribution in [1.82, 2.24) is 9.55 Å². The molecule has 0 spiro atoms. The van der Waals surface area contributed by atoms with Crippen LogP contribution in [0.2, 0.25) is 0 Å². The Hall–Kier alpha value is -1.39. The number of hydrogen-bond acceptors (Lipinski definition) is 3. The standard InChI is InChI=1S/C9H11N3O/c10-13-6-5-12-7-11-8-3-1-2-4-9(8)12/h1-4,7H,5-6,10H2. The van der Waals surface area contributed by atoms with Gasteiger partial charge in [0.1, 0.15) is 0 Å². The van der Waals surface area contributed by atoms with Gasteiger partial charge in [0.25, 0.3) is 0 Å². The quantitative estimate of drug-likeness (QED) is 0.709. The van der Waals surface area contributed by atoms with Gasteiger partial charge in [-0.05, 0) is 12.1 Å². The van der Waals surface area contributed by atoms with Crippen LogP contribution in [0.3, 0.4) is 0 Å². The molecule has 0 saturated carbocycles. The molecule has 4 heteroatoms. The second kappa shape index (κ2) is 3.55. The highest BCUT2D eigenvalue weighted by atomic mass is 16.6. The summed E-state index contributed by atoms with van der Waals surface area (Å²) < 4.78 is 2.02. The summed E-state index contributed by atoms with van der Waals surface area (Å²) in [5.74, 6) is 4.96. The van der Waals surface area contributed by atoms with Gasteiger partial charge in [0.15, 0.2) is 0 Å². The molecule has 0 fully saturated rings. The smallest absolute Gasteiger partial charge is 0.0959 e. The van der Waals surface area contributed by atoms with Crippen molar-refractivity contribution in [2.24, 2.45) is 5.90 Å². The number of aromatic nitrogens is 2. The Morgan fingerprint density at radius 3 is 3.08 bits per heavy atom. The van der Waals surface area contributed by atoms with Gasteiger partial charge in [-0.25, -0.2) is 10.9 Å². The average molecular weight is 177 g/mol. The maximum absolute atomic E-state index is 4.96. The molecule has 0 bridgehead atoms. The third kappa shape index (κ3) is 1.54. The maximum atomic E-state index is 4.96. The van der Waals surface area contributed by atoms with Crippen LogP contribution in [0, 0.1) is 0 Å². The zero-order valence-corrected chi connectivity index (χ0v) is 7.18. The molecule has 1 aromatic heterocycles. The van der Waals surface area contributed by atoms with Gasteiger partial charge in [-0.15, -0.1) is 0 Å². The van der Waals surface area contributed by atoms with Crippen molar-refractivity contribution in [2.45, 2.75) is 6.54 Å². The van der Waals surface area contributed by atoms with Crippen LogP contribution >= 0.6 is 0 Å². The third-order valence-corrected chi connectivity index (χ3v) is 1.98. The number of nitrogens with zero attached hydrogens (tertiary/aromatic N) is 2. The summed E-state index contributed by atoms with van der Waals surface area (Å²) in [6.45, 7) is 1.23. The predicted octanol–water partition coefficient (Wildman–Crippen LogP) is 0.927. The summed E-state index contributed by atoms with van der Waals surface area (Å²) >= 11 is 0. The summed E-state index contributed by atoms with van der Waals surface area (Å²) in [6, 6.07) is 7.97. The second-order valence-electron chi connectivity index (χ2n) is 2.80. The van der Waals surface area contributed by atoms with Crippen LogP contribution in [0.4, 0.5) is 0 Å². The first-order valence-electron chi connectivity index (χ1n) is 4.13. The van der Waals surface area contributed by atoms with Crippen molar-refractivity contribution >= 4 is 11.0 Å². The van der Waals surface area contributed by atoms with Crippen LogP contribution in [0.5, 0.6) is 0 Å². The number of para-hydroxylation sites is 2. The molecule has 0 amide bonds. The SMILES string of the molecule is NOCCn1cnc2ccccc21. The van der Waals surface area contributed by atoms with E-state index in [9.17, 15) is 0 Å². The third-order valence-electron chi connectivity index (χ3n) is 1.98. The Morgan fingerprint density at radius 1 is 1.38 bits per heavy atom. The molecule has 0 aliphatic heterocycles. The fraction of sp³-hybridized carbons (Fsp3) is 0.222. The van der Waals surface area contributed by atoms with Gasteiger partial charge >= 0.3 is 0 Å². The van der Waals surface area contributed by atoms with Crippen molar-refractivity contribution in [2.75, 3.05) is 6.61 Å². The Morgan fingerprint density at radius 2 is 2.23 bits per heavy atom. The lowest BCUT2D eigenvalue weighted by atomic mass is 10.3. The first-order valence-corrected chi connectivity index (χ1v) is 4.13. The molecule has 0 unspecified atom stereocenters. The highest BCUT2D eigenvalue weighted by Gasteiger charge is 1.99. The summed E-state index contributed by atoms with van der Waals surface area (Å²) in [4.78, 5) is 8.75. The van der Waals surface area contributed by atoms with Crippen molar-refractivity contribution in [3.05, 3.63) is 30.6 Å². The van der Waals surface area contributed by atoms with Crippen LogP contribution in [0.15, 0.2) is 30.6 Å². The molecule has 0 aliphatic carbocycles.